The summed E-state index contributed by atoms with van der Waals surface area (Å²) < 4.78 is 7.65. The van der Waals surface area contributed by atoms with E-state index in [-0.39, 0.29) is 5.97 Å². The molecule has 28 heavy (non-hydrogen) atoms. The predicted octanol–water partition coefficient (Wildman–Crippen LogP) is 4.62. The van der Waals surface area contributed by atoms with Crippen LogP contribution in [0.15, 0.2) is 58.4 Å². The van der Waals surface area contributed by atoms with Gasteiger partial charge in [-0.15, -0.1) is 11.8 Å². The molecule has 5 nitrogen and oxygen atoms in total. The van der Waals surface area contributed by atoms with Gasteiger partial charge in [-0.3, -0.25) is 9.36 Å². The van der Waals surface area contributed by atoms with E-state index in [4.69, 9.17) is 9.73 Å². The number of aromatic nitrogens is 2. The van der Waals surface area contributed by atoms with E-state index in [1.807, 2.05) is 44.2 Å². The topological polar surface area (TPSA) is 56.5 Å². The maximum Gasteiger partial charge on any atom is 0.304 e. The van der Waals surface area contributed by atoms with E-state index in [1.54, 1.807) is 11.8 Å². The quantitative estimate of drug-likeness (QED) is 0.483. The van der Waals surface area contributed by atoms with Gasteiger partial charge < -0.3 is 4.74 Å². The first kappa shape index (κ1) is 18.5. The van der Waals surface area contributed by atoms with E-state index >= 15 is 0 Å². The minimum Gasteiger partial charge on any atom is -0.432 e. The molecule has 0 spiro atoms. The van der Waals surface area contributed by atoms with E-state index in [9.17, 15) is 4.79 Å². The zero-order valence-electron chi connectivity index (χ0n) is 16.3. The zero-order valence-corrected chi connectivity index (χ0v) is 17.1. The molecule has 6 heteroatoms. The van der Waals surface area contributed by atoms with Crippen molar-refractivity contribution in [2.24, 2.45) is 4.99 Å². The van der Waals surface area contributed by atoms with Gasteiger partial charge >= 0.3 is 5.97 Å². The summed E-state index contributed by atoms with van der Waals surface area (Å²) in [5.74, 6) is 0.232. The molecule has 0 saturated carbocycles. The Bertz CT molecular complexity index is 1090. The highest BCUT2D eigenvalue weighted by molar-refractivity contribution is 7.98. The van der Waals surface area contributed by atoms with E-state index < -0.39 is 6.23 Å². The Morgan fingerprint density at radius 1 is 1.14 bits per heavy atom. The first-order valence-corrected chi connectivity index (χ1v) is 10.3. The predicted molar refractivity (Wildman–Crippen MR) is 111 cm³/mol. The van der Waals surface area contributed by atoms with Gasteiger partial charge in [0.2, 0.25) is 0 Å². The number of fused-ring (bicyclic) bond motifs is 3. The number of aryl methyl sites for hydroxylation is 1. The molecule has 0 saturated heterocycles. The first-order valence-electron chi connectivity index (χ1n) is 9.04. The summed E-state index contributed by atoms with van der Waals surface area (Å²) in [5, 5.41) is 0. The number of imidazole rings is 1. The van der Waals surface area contributed by atoms with Crippen molar-refractivity contribution < 1.29 is 9.53 Å². The van der Waals surface area contributed by atoms with Crippen molar-refractivity contribution >= 4 is 23.4 Å². The summed E-state index contributed by atoms with van der Waals surface area (Å²) in [7, 11) is 0. The normalized spacial score (nSPS) is 15.3. The Hall–Kier alpha value is -2.86. The Morgan fingerprint density at radius 2 is 1.89 bits per heavy atom. The first-order chi connectivity index (χ1) is 13.5. The Morgan fingerprint density at radius 3 is 2.57 bits per heavy atom. The molecule has 0 N–H and O–H groups in total. The molecule has 142 valence electrons. The van der Waals surface area contributed by atoms with Crippen LogP contribution in [0.1, 0.15) is 41.5 Å². The second kappa shape index (κ2) is 7.28. The van der Waals surface area contributed by atoms with Crippen LogP contribution in [0, 0.1) is 13.8 Å². The Labute approximate surface area is 168 Å². The van der Waals surface area contributed by atoms with Crippen LogP contribution in [0.4, 0.5) is 0 Å². The van der Waals surface area contributed by atoms with Crippen molar-refractivity contribution in [3.8, 4) is 5.69 Å². The highest BCUT2D eigenvalue weighted by Crippen LogP contribution is 2.34. The lowest BCUT2D eigenvalue weighted by Gasteiger charge is -2.14. The summed E-state index contributed by atoms with van der Waals surface area (Å²) >= 11 is 1.68. The second-order valence-electron chi connectivity index (χ2n) is 6.66. The van der Waals surface area contributed by atoms with Gasteiger partial charge in [-0.25, -0.2) is 9.98 Å². The molecule has 1 atom stereocenters. The molecule has 0 fully saturated rings. The standard InChI is InChI=1S/C22H21N3O2S/c1-13-14(2)25-19-11-10-17(28-4)12-18(19)20(16-8-6-5-7-9-16)24-22(21(25)23-13)27-15(3)26/h5-12,22H,1-4H3. The van der Waals surface area contributed by atoms with Gasteiger partial charge in [0.15, 0.2) is 5.82 Å². The second-order valence-corrected chi connectivity index (χ2v) is 7.54. The number of hydrogen-bond donors (Lipinski definition) is 0. The van der Waals surface area contributed by atoms with E-state index in [0.29, 0.717) is 5.82 Å². The minimum absolute atomic E-state index is 0.387. The third kappa shape index (κ3) is 3.14. The van der Waals surface area contributed by atoms with E-state index in [0.717, 1.165) is 38.8 Å². The number of hydrogen-bond acceptors (Lipinski definition) is 5. The maximum atomic E-state index is 11.8. The fraction of sp³-hybridized carbons (Fsp3) is 0.227. The summed E-state index contributed by atoms with van der Waals surface area (Å²) in [4.78, 5) is 22.5. The fourth-order valence-electron chi connectivity index (χ4n) is 3.44. The molecule has 3 aromatic rings. The van der Waals surface area contributed by atoms with Gasteiger partial charge in [0.25, 0.3) is 6.23 Å². The van der Waals surface area contributed by atoms with E-state index in [2.05, 4.69) is 34.0 Å². The van der Waals surface area contributed by atoms with Gasteiger partial charge in [0.1, 0.15) is 0 Å². The molecule has 4 rings (SSSR count). The minimum atomic E-state index is -0.801. The van der Waals surface area contributed by atoms with Crippen LogP contribution in [0.25, 0.3) is 5.69 Å². The van der Waals surface area contributed by atoms with Crippen molar-refractivity contribution in [2.45, 2.75) is 31.9 Å². The molecule has 2 aromatic carbocycles. The van der Waals surface area contributed by atoms with Gasteiger partial charge in [0, 0.05) is 28.6 Å². The number of rotatable bonds is 3. The maximum absolute atomic E-state index is 11.8. The van der Waals surface area contributed by atoms with Gasteiger partial charge in [-0.05, 0) is 38.3 Å². The molecular weight excluding hydrogens is 370 g/mol. The monoisotopic (exact) mass is 391 g/mol. The fourth-order valence-corrected chi connectivity index (χ4v) is 3.88. The number of nitrogens with zero attached hydrogens (tertiary/aromatic N) is 3. The van der Waals surface area contributed by atoms with Crippen LogP contribution >= 0.6 is 11.8 Å². The summed E-state index contributed by atoms with van der Waals surface area (Å²) in [5.41, 5.74) is 5.65. The average Bonchev–Trinajstić information content (AvgIpc) is 2.92. The number of ether oxygens (including phenoxy) is 1. The van der Waals surface area contributed by atoms with Crippen LogP contribution in [0.2, 0.25) is 0 Å². The van der Waals surface area contributed by atoms with Crippen molar-refractivity contribution in [3.63, 3.8) is 0 Å². The largest absolute Gasteiger partial charge is 0.432 e. The molecular formula is C22H21N3O2S. The number of benzene rings is 2. The van der Waals surface area contributed by atoms with Gasteiger partial charge in [0.05, 0.1) is 17.1 Å². The van der Waals surface area contributed by atoms with Gasteiger partial charge in [-0.2, -0.15) is 0 Å². The molecule has 0 bridgehead atoms. The highest BCUT2D eigenvalue weighted by atomic mass is 32.2. The molecule has 0 radical (unpaired) electrons. The molecule has 1 aliphatic heterocycles. The van der Waals surface area contributed by atoms with Crippen molar-refractivity contribution in [3.05, 3.63) is 76.9 Å². The van der Waals surface area contributed by atoms with Crippen molar-refractivity contribution in [1.29, 1.82) is 0 Å². The Kier molecular flexibility index (Phi) is 4.81. The van der Waals surface area contributed by atoms with Crippen LogP contribution in [-0.2, 0) is 9.53 Å². The lowest BCUT2D eigenvalue weighted by molar-refractivity contribution is -0.146. The molecule has 1 aromatic heterocycles. The van der Waals surface area contributed by atoms with E-state index in [1.165, 1.54) is 6.92 Å². The lowest BCUT2D eigenvalue weighted by Crippen LogP contribution is -2.12. The molecule has 2 heterocycles. The van der Waals surface area contributed by atoms with Crippen molar-refractivity contribution in [2.75, 3.05) is 6.26 Å². The van der Waals surface area contributed by atoms with Gasteiger partial charge in [-0.1, -0.05) is 30.3 Å². The van der Waals surface area contributed by atoms with Crippen LogP contribution in [-0.4, -0.2) is 27.5 Å². The third-order valence-electron chi connectivity index (χ3n) is 4.86. The zero-order chi connectivity index (χ0) is 19.8. The Balaban J connectivity index is 2.06. The lowest BCUT2D eigenvalue weighted by atomic mass is 10.0. The number of carbonyl (C=O) groups excluding carboxylic acids is 1. The average molecular weight is 391 g/mol. The SMILES string of the molecule is CSc1ccc2c(c1)C(c1ccccc1)=NC(OC(C)=O)c1nc(C)c(C)n1-2. The van der Waals surface area contributed by atoms with Crippen LogP contribution in [0.5, 0.6) is 0 Å². The van der Waals surface area contributed by atoms with Crippen LogP contribution < -0.4 is 0 Å². The number of esters is 1. The van der Waals surface area contributed by atoms with Crippen LogP contribution in [0.3, 0.4) is 0 Å². The number of aliphatic imine (C=N–C) groups is 1. The third-order valence-corrected chi connectivity index (χ3v) is 5.59. The summed E-state index contributed by atoms with van der Waals surface area (Å²) in [6, 6.07) is 16.3. The van der Waals surface area contributed by atoms with Crippen molar-refractivity contribution in [1.82, 2.24) is 9.55 Å². The highest BCUT2D eigenvalue weighted by Gasteiger charge is 2.30. The number of carbonyl (C=O) groups is 1. The molecule has 0 amide bonds. The molecule has 0 aliphatic carbocycles. The molecule has 1 aliphatic rings. The number of thioether (sulfide) groups is 1. The molecule has 1 unspecified atom stereocenters. The smallest absolute Gasteiger partial charge is 0.304 e. The summed E-state index contributed by atoms with van der Waals surface area (Å²) in [6.07, 6.45) is 1.25. The summed E-state index contributed by atoms with van der Waals surface area (Å²) in [6.45, 7) is 5.38.